The summed E-state index contributed by atoms with van der Waals surface area (Å²) in [5, 5.41) is 0. The fraction of sp³-hybridized carbons (Fsp3) is 0.400. The van der Waals surface area contributed by atoms with Crippen LogP contribution in [0.1, 0.15) is 38.7 Å². The van der Waals surface area contributed by atoms with Crippen molar-refractivity contribution in [2.24, 2.45) is 0 Å². The molecule has 12 heteroatoms. The van der Waals surface area contributed by atoms with Crippen molar-refractivity contribution in [2.45, 2.75) is 40.2 Å². The van der Waals surface area contributed by atoms with E-state index in [2.05, 4.69) is 9.97 Å². The molecule has 3 heterocycles. The molecular weight excluding hydrogens is 362 g/mol. The Hall–Kier alpha value is -3.57. The number of amides is 1. The van der Waals surface area contributed by atoms with Gasteiger partial charge in [0.1, 0.15) is 6.33 Å². The van der Waals surface area contributed by atoms with E-state index in [0.29, 0.717) is 0 Å². The fourth-order valence-electron chi connectivity index (χ4n) is 2.83. The molecule has 0 radical (unpaired) electrons. The van der Waals surface area contributed by atoms with Gasteiger partial charge < -0.3 is 9.47 Å². The maximum Gasteiger partial charge on any atom is 0.304 e. The molecule has 2 aromatic rings. The zero-order chi connectivity index (χ0) is 20.0. The van der Waals surface area contributed by atoms with Gasteiger partial charge in [-0.05, 0) is 0 Å². The van der Waals surface area contributed by atoms with Crippen LogP contribution in [0.4, 0.5) is 5.95 Å². The average molecular weight is 377 g/mol. The van der Waals surface area contributed by atoms with E-state index in [1.807, 2.05) is 0 Å². The van der Waals surface area contributed by atoms with Gasteiger partial charge in [-0.3, -0.25) is 28.5 Å². The van der Waals surface area contributed by atoms with Crippen molar-refractivity contribution in [3.63, 3.8) is 0 Å². The first-order chi connectivity index (χ1) is 12.6. The number of nitrogens with zero attached hydrogens (tertiary/aromatic N) is 5. The third-order valence-corrected chi connectivity index (χ3v) is 3.81. The van der Waals surface area contributed by atoms with Crippen LogP contribution in [-0.4, -0.2) is 49.1 Å². The summed E-state index contributed by atoms with van der Waals surface area (Å²) in [5.74, 6) is -2.84. The maximum absolute atomic E-state index is 12.9. The van der Waals surface area contributed by atoms with Crippen molar-refractivity contribution < 1.29 is 28.7 Å². The smallest absolute Gasteiger partial charge is 0.304 e. The molecule has 2 atom stereocenters. The molecule has 0 saturated carbocycles. The van der Waals surface area contributed by atoms with Crippen LogP contribution in [0.3, 0.4) is 0 Å². The van der Waals surface area contributed by atoms with Crippen LogP contribution in [0.2, 0.25) is 0 Å². The van der Waals surface area contributed by atoms with Gasteiger partial charge in [0, 0.05) is 27.7 Å². The first-order valence-electron chi connectivity index (χ1n) is 7.78. The van der Waals surface area contributed by atoms with E-state index in [1.54, 1.807) is 0 Å². The van der Waals surface area contributed by atoms with Crippen molar-refractivity contribution in [1.29, 1.82) is 0 Å². The molecule has 2 unspecified atom stereocenters. The predicted molar refractivity (Wildman–Crippen MR) is 87.6 cm³/mol. The van der Waals surface area contributed by atoms with Gasteiger partial charge in [0.25, 0.3) is 5.56 Å². The number of aromatic nitrogens is 4. The van der Waals surface area contributed by atoms with Gasteiger partial charge >= 0.3 is 11.9 Å². The number of ether oxygens (including phenoxy) is 2. The molecule has 3 rings (SSSR count). The lowest BCUT2D eigenvalue weighted by molar-refractivity contribution is -0.171. The molecule has 0 saturated heterocycles. The summed E-state index contributed by atoms with van der Waals surface area (Å²) in [4.78, 5) is 68.8. The van der Waals surface area contributed by atoms with E-state index in [9.17, 15) is 24.0 Å². The van der Waals surface area contributed by atoms with Gasteiger partial charge in [-0.25, -0.2) is 14.5 Å². The Bertz CT molecular complexity index is 1050. The second-order valence-corrected chi connectivity index (χ2v) is 5.78. The molecule has 1 amide bonds. The van der Waals surface area contributed by atoms with Crippen molar-refractivity contribution in [1.82, 2.24) is 19.1 Å². The Morgan fingerprint density at radius 2 is 1.56 bits per heavy atom. The molecule has 1 aliphatic rings. The van der Waals surface area contributed by atoms with E-state index in [4.69, 9.17) is 9.47 Å². The van der Waals surface area contributed by atoms with E-state index in [0.717, 1.165) is 41.1 Å². The summed E-state index contributed by atoms with van der Waals surface area (Å²) < 4.78 is 12.2. The summed E-state index contributed by atoms with van der Waals surface area (Å²) in [7, 11) is 0. The van der Waals surface area contributed by atoms with Crippen molar-refractivity contribution in [3.05, 3.63) is 16.7 Å². The van der Waals surface area contributed by atoms with Gasteiger partial charge in [-0.15, -0.1) is 0 Å². The van der Waals surface area contributed by atoms with Gasteiger partial charge in [0.15, 0.2) is 11.2 Å². The van der Waals surface area contributed by atoms with Crippen LogP contribution < -0.4 is 10.5 Å². The number of anilines is 1. The largest absolute Gasteiger partial charge is 0.435 e. The molecule has 2 aromatic heterocycles. The first kappa shape index (κ1) is 18.2. The van der Waals surface area contributed by atoms with Crippen LogP contribution in [0, 0.1) is 0 Å². The summed E-state index contributed by atoms with van der Waals surface area (Å²) in [6.45, 7) is 4.61. The molecule has 0 aliphatic carbocycles. The van der Waals surface area contributed by atoms with Crippen LogP contribution in [0.25, 0.3) is 11.2 Å². The number of carbonyl (C=O) groups is 4. The number of carbonyl (C=O) groups excluding carboxylic acids is 4. The summed E-state index contributed by atoms with van der Waals surface area (Å²) >= 11 is 0. The van der Waals surface area contributed by atoms with Gasteiger partial charge in [-0.1, -0.05) is 0 Å². The lowest BCUT2D eigenvalue weighted by Crippen LogP contribution is -2.42. The standard InChI is InChI=1S/C15H15N5O7/c1-6(21)18-5-16-10-11(18)17-15-19(7(2)22)13(26-8(3)23)14(27-9(4)24)20(15)12(10)25/h5,13-14H,1-4H3. The maximum atomic E-state index is 12.9. The van der Waals surface area contributed by atoms with E-state index < -0.39 is 41.8 Å². The molecule has 0 fully saturated rings. The SMILES string of the molecule is CC(=O)OC1C(OC(C)=O)n2c(nc3c(ncn3C(C)=O)c2=O)N1C(C)=O. The highest BCUT2D eigenvalue weighted by Gasteiger charge is 2.47. The Labute approximate surface area is 151 Å². The monoisotopic (exact) mass is 377 g/mol. The zero-order valence-electron chi connectivity index (χ0n) is 14.8. The number of hydrogen-bond donors (Lipinski definition) is 0. The minimum atomic E-state index is -1.45. The molecule has 0 aromatic carbocycles. The molecule has 0 bridgehead atoms. The second-order valence-electron chi connectivity index (χ2n) is 5.78. The van der Waals surface area contributed by atoms with Gasteiger partial charge in [0.2, 0.25) is 30.2 Å². The second kappa shape index (κ2) is 6.30. The van der Waals surface area contributed by atoms with E-state index in [1.165, 1.54) is 6.92 Å². The van der Waals surface area contributed by atoms with Crippen molar-refractivity contribution in [3.8, 4) is 0 Å². The quantitative estimate of drug-likeness (QED) is 0.637. The third kappa shape index (κ3) is 2.84. The highest BCUT2D eigenvalue weighted by molar-refractivity contribution is 5.93. The molecule has 1 aliphatic heterocycles. The number of hydrogen-bond acceptors (Lipinski definition) is 9. The van der Waals surface area contributed by atoms with Crippen LogP contribution in [0.15, 0.2) is 11.1 Å². The summed E-state index contributed by atoms with van der Waals surface area (Å²) in [6, 6.07) is 0. The van der Waals surface area contributed by atoms with Crippen LogP contribution >= 0.6 is 0 Å². The Balaban J connectivity index is 2.33. The fourth-order valence-corrected chi connectivity index (χ4v) is 2.83. The molecule has 27 heavy (non-hydrogen) atoms. The minimum Gasteiger partial charge on any atom is -0.435 e. The van der Waals surface area contributed by atoms with Crippen LogP contribution in [0.5, 0.6) is 0 Å². The van der Waals surface area contributed by atoms with E-state index >= 15 is 0 Å². The summed E-state index contributed by atoms with van der Waals surface area (Å²) in [6.07, 6.45) is -1.75. The lowest BCUT2D eigenvalue weighted by Gasteiger charge is -2.24. The Morgan fingerprint density at radius 3 is 2.07 bits per heavy atom. The highest BCUT2D eigenvalue weighted by Crippen LogP contribution is 2.34. The Morgan fingerprint density at radius 1 is 0.963 bits per heavy atom. The first-order valence-corrected chi connectivity index (χ1v) is 7.78. The lowest BCUT2D eigenvalue weighted by atomic mass is 10.4. The van der Waals surface area contributed by atoms with Crippen LogP contribution in [-0.2, 0) is 23.9 Å². The van der Waals surface area contributed by atoms with Gasteiger partial charge in [-0.2, -0.15) is 4.98 Å². The third-order valence-electron chi connectivity index (χ3n) is 3.81. The van der Waals surface area contributed by atoms with E-state index in [-0.39, 0.29) is 17.1 Å². The number of fused-ring (bicyclic) bond motifs is 2. The van der Waals surface area contributed by atoms with Gasteiger partial charge in [0.05, 0.1) is 0 Å². The molecule has 0 N–H and O–H groups in total. The number of esters is 2. The van der Waals surface area contributed by atoms with Crippen molar-refractivity contribution >= 4 is 40.9 Å². The average Bonchev–Trinajstić information content (AvgIpc) is 3.07. The normalized spacial score (nSPS) is 18.3. The number of rotatable bonds is 2. The minimum absolute atomic E-state index is 0.0740. The van der Waals surface area contributed by atoms with Crippen molar-refractivity contribution in [2.75, 3.05) is 4.90 Å². The molecular formula is C15H15N5O7. The zero-order valence-corrected chi connectivity index (χ0v) is 14.8. The number of imidazole rings is 1. The summed E-state index contributed by atoms with van der Waals surface area (Å²) in [5.41, 5.74) is -1.00. The predicted octanol–water partition coefficient (Wildman–Crippen LogP) is -0.430. The topological polar surface area (TPSA) is 143 Å². The molecule has 12 nitrogen and oxygen atoms in total. The molecule has 142 valence electrons. The highest BCUT2D eigenvalue weighted by atomic mass is 16.6. The Kier molecular flexibility index (Phi) is 4.25. The molecule has 0 spiro atoms.